The van der Waals surface area contributed by atoms with Gasteiger partial charge in [-0.2, -0.15) is 0 Å². The molecule has 1 heterocycles. The molecule has 0 atom stereocenters. The highest BCUT2D eigenvalue weighted by Gasteiger charge is 2.08. The largest absolute Gasteiger partial charge is 0.357 e. The van der Waals surface area contributed by atoms with Crippen LogP contribution in [0.5, 0.6) is 0 Å². The van der Waals surface area contributed by atoms with Gasteiger partial charge in [-0.25, -0.2) is 8.42 Å². The minimum absolute atomic E-state index is 0. The molecule has 0 aromatic heterocycles. The van der Waals surface area contributed by atoms with Crippen molar-refractivity contribution in [1.29, 1.82) is 0 Å². The molecule has 2 rings (SSSR count). The second-order valence-electron chi connectivity index (χ2n) is 7.46. The molecule has 166 valence electrons. The summed E-state index contributed by atoms with van der Waals surface area (Å²) in [5, 5.41) is 6.66. The Kier molecular flexibility index (Phi) is 12.8. The third kappa shape index (κ3) is 10.6. The monoisotopic (exact) mass is 536 g/mol. The van der Waals surface area contributed by atoms with Crippen molar-refractivity contribution >= 4 is 39.8 Å². The van der Waals surface area contributed by atoms with Gasteiger partial charge in [-0.15, -0.1) is 24.0 Å². The summed E-state index contributed by atoms with van der Waals surface area (Å²) in [5.41, 5.74) is 1.11. The van der Waals surface area contributed by atoms with E-state index in [0.29, 0.717) is 4.90 Å². The minimum Gasteiger partial charge on any atom is -0.357 e. The van der Waals surface area contributed by atoms with Gasteiger partial charge in [0, 0.05) is 25.9 Å². The predicted molar refractivity (Wildman–Crippen MR) is 132 cm³/mol. The lowest BCUT2D eigenvalue weighted by Gasteiger charge is -2.19. The van der Waals surface area contributed by atoms with E-state index in [9.17, 15) is 8.42 Å². The van der Waals surface area contributed by atoms with Crippen molar-refractivity contribution in [2.45, 2.75) is 50.3 Å². The molecule has 6 nitrogen and oxygen atoms in total. The van der Waals surface area contributed by atoms with Crippen molar-refractivity contribution in [3.8, 4) is 0 Å². The first kappa shape index (κ1) is 26.2. The molecule has 29 heavy (non-hydrogen) atoms. The van der Waals surface area contributed by atoms with Crippen LogP contribution in [0.15, 0.2) is 34.2 Å². The molecule has 1 aliphatic heterocycles. The van der Waals surface area contributed by atoms with E-state index in [1.807, 2.05) is 12.1 Å². The molecule has 1 saturated heterocycles. The summed E-state index contributed by atoms with van der Waals surface area (Å²) in [5.74, 6) is 0.853. The van der Waals surface area contributed by atoms with E-state index in [1.165, 1.54) is 45.0 Å². The van der Waals surface area contributed by atoms with Gasteiger partial charge in [-0.1, -0.05) is 25.0 Å². The maximum Gasteiger partial charge on any atom is 0.191 e. The van der Waals surface area contributed by atoms with Crippen LogP contribution in [0, 0.1) is 0 Å². The van der Waals surface area contributed by atoms with Gasteiger partial charge in [0.25, 0.3) is 0 Å². The number of nitrogens with one attached hydrogen (secondary N) is 2. The van der Waals surface area contributed by atoms with Gasteiger partial charge in [0.1, 0.15) is 0 Å². The molecule has 1 fully saturated rings. The third-order valence-electron chi connectivity index (χ3n) is 5.00. The molecule has 0 spiro atoms. The Hall–Kier alpha value is -0.870. The number of nitrogens with zero attached hydrogens (tertiary/aromatic N) is 2. The van der Waals surface area contributed by atoms with Gasteiger partial charge in [-0.05, 0) is 69.9 Å². The summed E-state index contributed by atoms with van der Waals surface area (Å²) in [4.78, 5) is 7.62. The number of hydrogen-bond acceptors (Lipinski definition) is 4. The van der Waals surface area contributed by atoms with Crippen LogP contribution in [-0.2, 0) is 16.3 Å². The molecule has 1 aliphatic rings. The van der Waals surface area contributed by atoms with Crippen LogP contribution in [0.2, 0.25) is 0 Å². The fraction of sp³-hybridized carbons (Fsp3) is 0.667. The fourth-order valence-corrected chi connectivity index (χ4v) is 4.05. The number of aliphatic imine (C=N–C) groups is 1. The number of guanidine groups is 1. The molecule has 0 saturated carbocycles. The van der Waals surface area contributed by atoms with Crippen molar-refractivity contribution in [2.24, 2.45) is 4.99 Å². The van der Waals surface area contributed by atoms with E-state index in [2.05, 4.69) is 27.4 Å². The highest BCUT2D eigenvalue weighted by molar-refractivity contribution is 14.0. The highest BCUT2D eigenvalue weighted by atomic mass is 127. The standard InChI is InChI=1S/C21H36N4O2S.HI/c1-3-22-21(23-14-8-18-25-16-6-4-5-7-17-25)24-15-13-19-9-11-20(12-10-19)28(2,26)27;/h9-12H,3-8,13-18H2,1-2H3,(H2,22,23,24);1H. The minimum atomic E-state index is -3.13. The Morgan fingerprint density at radius 3 is 2.31 bits per heavy atom. The molecule has 0 radical (unpaired) electrons. The van der Waals surface area contributed by atoms with E-state index >= 15 is 0 Å². The third-order valence-corrected chi connectivity index (χ3v) is 6.13. The second-order valence-corrected chi connectivity index (χ2v) is 9.48. The van der Waals surface area contributed by atoms with E-state index in [1.54, 1.807) is 12.1 Å². The van der Waals surface area contributed by atoms with E-state index in [-0.39, 0.29) is 24.0 Å². The molecular formula is C21H37IN4O2S. The van der Waals surface area contributed by atoms with Crippen LogP contribution in [0.25, 0.3) is 0 Å². The summed E-state index contributed by atoms with van der Waals surface area (Å²) in [6.07, 6.45) is 8.55. The molecule has 0 bridgehead atoms. The number of benzene rings is 1. The smallest absolute Gasteiger partial charge is 0.191 e. The van der Waals surface area contributed by atoms with Gasteiger partial charge in [-0.3, -0.25) is 4.99 Å². The zero-order chi connectivity index (χ0) is 20.2. The first-order valence-corrected chi connectivity index (χ1v) is 12.4. The van der Waals surface area contributed by atoms with Crippen LogP contribution in [0.1, 0.15) is 44.6 Å². The number of rotatable bonds is 9. The lowest BCUT2D eigenvalue weighted by Crippen LogP contribution is -2.38. The summed E-state index contributed by atoms with van der Waals surface area (Å²) < 4.78 is 23.0. The highest BCUT2D eigenvalue weighted by Crippen LogP contribution is 2.11. The zero-order valence-corrected chi connectivity index (χ0v) is 21.0. The van der Waals surface area contributed by atoms with Gasteiger partial charge in [0.2, 0.25) is 0 Å². The van der Waals surface area contributed by atoms with E-state index in [4.69, 9.17) is 0 Å². The topological polar surface area (TPSA) is 73.8 Å². The van der Waals surface area contributed by atoms with Crippen LogP contribution < -0.4 is 10.6 Å². The average molecular weight is 537 g/mol. The predicted octanol–water partition coefficient (Wildman–Crippen LogP) is 3.07. The molecule has 1 aromatic carbocycles. The first-order valence-electron chi connectivity index (χ1n) is 10.5. The first-order chi connectivity index (χ1) is 13.5. The van der Waals surface area contributed by atoms with E-state index in [0.717, 1.165) is 50.5 Å². The number of hydrogen-bond donors (Lipinski definition) is 2. The fourth-order valence-electron chi connectivity index (χ4n) is 3.42. The van der Waals surface area contributed by atoms with E-state index < -0.39 is 9.84 Å². The zero-order valence-electron chi connectivity index (χ0n) is 17.8. The Bertz CT molecular complexity index is 700. The maximum atomic E-state index is 11.5. The lowest BCUT2D eigenvalue weighted by molar-refractivity contribution is 0.283. The molecular weight excluding hydrogens is 499 g/mol. The number of halogens is 1. The Morgan fingerprint density at radius 1 is 1.07 bits per heavy atom. The molecule has 0 amide bonds. The Labute approximate surface area is 193 Å². The molecule has 0 aliphatic carbocycles. The van der Waals surface area contributed by atoms with Crippen molar-refractivity contribution in [3.05, 3.63) is 29.8 Å². The van der Waals surface area contributed by atoms with Gasteiger partial charge >= 0.3 is 0 Å². The molecule has 1 aromatic rings. The SMILES string of the molecule is CCNC(=NCCCN1CCCCCC1)NCCc1ccc(S(C)(=O)=O)cc1.I. The maximum absolute atomic E-state index is 11.5. The summed E-state index contributed by atoms with van der Waals surface area (Å²) in [6, 6.07) is 7.10. The van der Waals surface area contributed by atoms with Crippen molar-refractivity contribution < 1.29 is 8.42 Å². The van der Waals surface area contributed by atoms with Crippen molar-refractivity contribution in [2.75, 3.05) is 45.5 Å². The molecule has 0 unspecified atom stereocenters. The van der Waals surface area contributed by atoms with Crippen LogP contribution >= 0.6 is 24.0 Å². The summed E-state index contributed by atoms with van der Waals surface area (Å²) in [7, 11) is -3.13. The van der Waals surface area contributed by atoms with Crippen LogP contribution in [-0.4, -0.2) is 64.8 Å². The van der Waals surface area contributed by atoms with Gasteiger partial charge in [0.05, 0.1) is 4.90 Å². The van der Waals surface area contributed by atoms with Gasteiger partial charge in [0.15, 0.2) is 15.8 Å². The van der Waals surface area contributed by atoms with Crippen molar-refractivity contribution in [1.82, 2.24) is 15.5 Å². The summed E-state index contributed by atoms with van der Waals surface area (Å²) >= 11 is 0. The normalized spacial score (nSPS) is 16.0. The van der Waals surface area contributed by atoms with Gasteiger partial charge < -0.3 is 15.5 Å². The number of likely N-dealkylation sites (tertiary alicyclic amines) is 1. The van der Waals surface area contributed by atoms with Crippen LogP contribution in [0.3, 0.4) is 0 Å². The second kappa shape index (κ2) is 14.2. The Morgan fingerprint density at radius 2 is 1.72 bits per heavy atom. The molecule has 2 N–H and O–H groups in total. The summed E-state index contributed by atoms with van der Waals surface area (Å²) in [6.45, 7) is 8.10. The van der Waals surface area contributed by atoms with Crippen LogP contribution in [0.4, 0.5) is 0 Å². The van der Waals surface area contributed by atoms with Crippen molar-refractivity contribution in [3.63, 3.8) is 0 Å². The number of sulfone groups is 1. The Balaban J connectivity index is 0.00000420. The average Bonchev–Trinajstić information content (AvgIpc) is 2.94. The lowest BCUT2D eigenvalue weighted by atomic mass is 10.1. The molecule has 8 heteroatoms. The quantitative estimate of drug-likeness (QED) is 0.220.